The van der Waals surface area contributed by atoms with Crippen LogP contribution in [0.1, 0.15) is 31.8 Å². The highest BCUT2D eigenvalue weighted by Crippen LogP contribution is 2.09. The van der Waals surface area contributed by atoms with Gasteiger partial charge in [-0.1, -0.05) is 35.4 Å². The quantitative estimate of drug-likeness (QED) is 0.610. The van der Waals surface area contributed by atoms with Crippen LogP contribution >= 0.6 is 0 Å². The number of ether oxygens (including phenoxy) is 1. The fraction of sp³-hybridized carbons (Fsp3) is 0.125. The molecule has 2 rings (SSSR count). The van der Waals surface area contributed by atoms with Gasteiger partial charge >= 0.3 is 11.9 Å². The van der Waals surface area contributed by atoms with Gasteiger partial charge < -0.3 is 4.74 Å². The first kappa shape index (κ1) is 13.0. The van der Waals surface area contributed by atoms with Crippen molar-refractivity contribution in [3.8, 4) is 0 Å². The van der Waals surface area contributed by atoms with Gasteiger partial charge in [0.15, 0.2) is 0 Å². The molecule has 0 saturated heterocycles. The molecule has 0 atom stereocenters. The average molecular weight is 254 g/mol. The Hall–Kier alpha value is -2.42. The lowest BCUT2D eigenvalue weighted by molar-refractivity contribution is 0.0397. The highest BCUT2D eigenvalue weighted by Gasteiger charge is 2.14. The normalized spacial score (nSPS) is 10.0. The molecule has 0 unspecified atom stereocenters. The highest BCUT2D eigenvalue weighted by atomic mass is 16.6. The third kappa shape index (κ3) is 3.28. The molecule has 2 aromatic rings. The molecule has 96 valence electrons. The molecule has 0 aliphatic carbocycles. The Balaban J connectivity index is 2.11. The topological polar surface area (TPSA) is 43.4 Å². The van der Waals surface area contributed by atoms with Gasteiger partial charge in [0.1, 0.15) is 0 Å². The largest absolute Gasteiger partial charge is 0.386 e. The minimum Gasteiger partial charge on any atom is -0.386 e. The van der Waals surface area contributed by atoms with Crippen LogP contribution in [0.25, 0.3) is 0 Å². The summed E-state index contributed by atoms with van der Waals surface area (Å²) in [5.74, 6) is -1.26. The van der Waals surface area contributed by atoms with E-state index in [0.717, 1.165) is 11.1 Å². The molecule has 0 amide bonds. The van der Waals surface area contributed by atoms with Crippen molar-refractivity contribution in [1.29, 1.82) is 0 Å². The van der Waals surface area contributed by atoms with E-state index in [9.17, 15) is 9.59 Å². The summed E-state index contributed by atoms with van der Waals surface area (Å²) in [5, 5.41) is 0. The number of carbonyl (C=O) groups excluding carboxylic acids is 2. The van der Waals surface area contributed by atoms with E-state index in [0.29, 0.717) is 11.1 Å². The van der Waals surface area contributed by atoms with Crippen LogP contribution in [0, 0.1) is 13.8 Å². The van der Waals surface area contributed by atoms with E-state index in [-0.39, 0.29) is 0 Å². The summed E-state index contributed by atoms with van der Waals surface area (Å²) in [6.45, 7) is 3.80. The SMILES string of the molecule is Cc1ccc(C(=O)OC(=O)c2cccc(C)c2)cc1. The zero-order valence-corrected chi connectivity index (χ0v) is 10.8. The minimum absolute atomic E-state index is 0.367. The molecule has 0 aliphatic rings. The number of benzene rings is 2. The van der Waals surface area contributed by atoms with Crippen LogP contribution in [0.3, 0.4) is 0 Å². The molecular formula is C16H14O3. The van der Waals surface area contributed by atoms with Crippen LogP contribution in [-0.2, 0) is 4.74 Å². The second-order valence-corrected chi connectivity index (χ2v) is 4.41. The van der Waals surface area contributed by atoms with E-state index in [1.165, 1.54) is 0 Å². The molecule has 0 heterocycles. The van der Waals surface area contributed by atoms with E-state index in [1.807, 2.05) is 19.9 Å². The first-order valence-electron chi connectivity index (χ1n) is 5.96. The molecule has 0 bridgehead atoms. The Morgan fingerprint density at radius 1 is 0.789 bits per heavy atom. The van der Waals surface area contributed by atoms with Crippen molar-refractivity contribution >= 4 is 11.9 Å². The summed E-state index contributed by atoms with van der Waals surface area (Å²) < 4.78 is 4.84. The van der Waals surface area contributed by atoms with Crippen LogP contribution < -0.4 is 0 Å². The molecule has 0 aliphatic heterocycles. The predicted octanol–water partition coefficient (Wildman–Crippen LogP) is 3.30. The summed E-state index contributed by atoms with van der Waals surface area (Å²) in [6, 6.07) is 13.8. The second kappa shape index (κ2) is 5.48. The van der Waals surface area contributed by atoms with Gasteiger partial charge in [0.25, 0.3) is 0 Å². The minimum atomic E-state index is -0.633. The molecule has 19 heavy (non-hydrogen) atoms. The predicted molar refractivity (Wildman–Crippen MR) is 72.1 cm³/mol. The van der Waals surface area contributed by atoms with Gasteiger partial charge in [0.2, 0.25) is 0 Å². The monoisotopic (exact) mass is 254 g/mol. The van der Waals surface area contributed by atoms with E-state index < -0.39 is 11.9 Å². The van der Waals surface area contributed by atoms with Crippen LogP contribution in [0.5, 0.6) is 0 Å². The average Bonchev–Trinajstić information content (AvgIpc) is 2.39. The molecule has 0 N–H and O–H groups in total. The van der Waals surface area contributed by atoms with Crippen molar-refractivity contribution < 1.29 is 14.3 Å². The van der Waals surface area contributed by atoms with E-state index in [1.54, 1.807) is 42.5 Å². The molecule has 3 heteroatoms. The van der Waals surface area contributed by atoms with Gasteiger partial charge in [-0.2, -0.15) is 0 Å². The lowest BCUT2D eigenvalue weighted by Crippen LogP contribution is -2.12. The molecule has 0 radical (unpaired) electrons. The second-order valence-electron chi connectivity index (χ2n) is 4.41. The van der Waals surface area contributed by atoms with E-state index in [4.69, 9.17) is 4.74 Å². The third-order valence-corrected chi connectivity index (χ3v) is 2.73. The summed E-state index contributed by atoms with van der Waals surface area (Å²) in [4.78, 5) is 23.6. The molecular weight excluding hydrogens is 240 g/mol. The van der Waals surface area contributed by atoms with Crippen LogP contribution in [0.4, 0.5) is 0 Å². The maximum Gasteiger partial charge on any atom is 0.346 e. The van der Waals surface area contributed by atoms with Gasteiger partial charge in [-0.3, -0.25) is 0 Å². The van der Waals surface area contributed by atoms with Crippen LogP contribution in [0.2, 0.25) is 0 Å². The van der Waals surface area contributed by atoms with Gasteiger partial charge in [0.05, 0.1) is 11.1 Å². The number of rotatable bonds is 2. The van der Waals surface area contributed by atoms with Gasteiger partial charge in [-0.25, -0.2) is 9.59 Å². The van der Waals surface area contributed by atoms with Crippen LogP contribution in [0.15, 0.2) is 48.5 Å². The summed E-state index contributed by atoms with van der Waals surface area (Å²) in [7, 11) is 0. The molecule has 2 aromatic carbocycles. The number of esters is 2. The molecule has 0 aromatic heterocycles. The number of carbonyl (C=O) groups is 2. The van der Waals surface area contributed by atoms with E-state index >= 15 is 0 Å². The van der Waals surface area contributed by atoms with Gasteiger partial charge in [-0.15, -0.1) is 0 Å². The summed E-state index contributed by atoms with van der Waals surface area (Å²) in [6.07, 6.45) is 0. The maximum atomic E-state index is 11.8. The van der Waals surface area contributed by atoms with E-state index in [2.05, 4.69) is 0 Å². The fourth-order valence-electron chi connectivity index (χ4n) is 1.66. The van der Waals surface area contributed by atoms with Crippen molar-refractivity contribution in [3.05, 3.63) is 70.8 Å². The first-order chi connectivity index (χ1) is 9.06. The van der Waals surface area contributed by atoms with Gasteiger partial charge in [-0.05, 0) is 38.1 Å². The Bertz CT molecular complexity index is 612. The number of hydrogen-bond acceptors (Lipinski definition) is 3. The Morgan fingerprint density at radius 2 is 1.42 bits per heavy atom. The maximum absolute atomic E-state index is 11.8. The van der Waals surface area contributed by atoms with Crippen molar-refractivity contribution in [2.45, 2.75) is 13.8 Å². The fourth-order valence-corrected chi connectivity index (χ4v) is 1.66. The molecule has 0 fully saturated rings. The summed E-state index contributed by atoms with van der Waals surface area (Å²) >= 11 is 0. The number of hydrogen-bond donors (Lipinski definition) is 0. The third-order valence-electron chi connectivity index (χ3n) is 2.73. The molecule has 0 saturated carbocycles. The van der Waals surface area contributed by atoms with Gasteiger partial charge in [0, 0.05) is 0 Å². The highest BCUT2D eigenvalue weighted by molar-refractivity contribution is 6.02. The van der Waals surface area contributed by atoms with Crippen molar-refractivity contribution in [3.63, 3.8) is 0 Å². The molecule has 3 nitrogen and oxygen atoms in total. The standard InChI is InChI=1S/C16H14O3/c1-11-6-8-13(9-7-11)15(17)19-16(18)14-5-3-4-12(2)10-14/h3-10H,1-2H3. The Labute approximate surface area is 111 Å². The lowest BCUT2D eigenvalue weighted by atomic mass is 10.1. The molecule has 0 spiro atoms. The zero-order chi connectivity index (χ0) is 13.8. The van der Waals surface area contributed by atoms with Crippen molar-refractivity contribution in [2.24, 2.45) is 0 Å². The van der Waals surface area contributed by atoms with Crippen molar-refractivity contribution in [1.82, 2.24) is 0 Å². The zero-order valence-electron chi connectivity index (χ0n) is 10.8. The van der Waals surface area contributed by atoms with Crippen molar-refractivity contribution in [2.75, 3.05) is 0 Å². The first-order valence-corrected chi connectivity index (χ1v) is 5.96. The Kier molecular flexibility index (Phi) is 3.76. The Morgan fingerprint density at radius 3 is 2.05 bits per heavy atom. The number of aryl methyl sites for hydroxylation is 2. The lowest BCUT2D eigenvalue weighted by Gasteiger charge is -2.04. The smallest absolute Gasteiger partial charge is 0.346 e. The van der Waals surface area contributed by atoms with Crippen LogP contribution in [-0.4, -0.2) is 11.9 Å². The summed E-state index contributed by atoms with van der Waals surface area (Å²) in [5.41, 5.74) is 2.73.